The van der Waals surface area contributed by atoms with Crippen molar-refractivity contribution in [1.29, 1.82) is 0 Å². The van der Waals surface area contributed by atoms with Gasteiger partial charge in [0, 0.05) is 18.3 Å². The van der Waals surface area contributed by atoms with Crippen molar-refractivity contribution in [3.63, 3.8) is 0 Å². The van der Waals surface area contributed by atoms with Crippen LogP contribution in [0.1, 0.15) is 21.1 Å². The van der Waals surface area contributed by atoms with Gasteiger partial charge in [-0.2, -0.15) is 0 Å². The standard InChI is InChI=1S/C13H14ClN3OS/c1-8-17-9(7-19-8)5-6-16-13(18)10-3-2-4-11(15)12(10)14/h2-4,7H,5-6,15H2,1H3,(H,16,18). The molecule has 0 aliphatic heterocycles. The number of aromatic nitrogens is 1. The van der Waals surface area contributed by atoms with Gasteiger partial charge >= 0.3 is 0 Å². The van der Waals surface area contributed by atoms with E-state index < -0.39 is 0 Å². The van der Waals surface area contributed by atoms with Gasteiger partial charge in [0.15, 0.2) is 0 Å². The molecule has 0 saturated heterocycles. The fraction of sp³-hybridized carbons (Fsp3) is 0.231. The van der Waals surface area contributed by atoms with E-state index in [1.54, 1.807) is 29.5 Å². The molecular formula is C13H14ClN3OS. The van der Waals surface area contributed by atoms with Crippen molar-refractivity contribution in [2.45, 2.75) is 13.3 Å². The molecule has 6 heteroatoms. The van der Waals surface area contributed by atoms with Gasteiger partial charge in [-0.05, 0) is 19.1 Å². The Morgan fingerprint density at radius 1 is 1.53 bits per heavy atom. The lowest BCUT2D eigenvalue weighted by Gasteiger charge is -2.07. The molecule has 1 aromatic heterocycles. The second kappa shape index (κ2) is 6.04. The molecule has 0 bridgehead atoms. The fourth-order valence-electron chi connectivity index (χ4n) is 1.65. The molecule has 0 radical (unpaired) electrons. The molecule has 1 amide bonds. The van der Waals surface area contributed by atoms with Crippen LogP contribution in [0.2, 0.25) is 5.02 Å². The summed E-state index contributed by atoms with van der Waals surface area (Å²) in [6, 6.07) is 5.03. The highest BCUT2D eigenvalue weighted by Crippen LogP contribution is 2.22. The first-order valence-electron chi connectivity index (χ1n) is 5.81. The maximum Gasteiger partial charge on any atom is 0.252 e. The Morgan fingerprint density at radius 2 is 2.32 bits per heavy atom. The van der Waals surface area contributed by atoms with E-state index in [2.05, 4.69) is 10.3 Å². The van der Waals surface area contributed by atoms with Gasteiger partial charge in [0.25, 0.3) is 5.91 Å². The van der Waals surface area contributed by atoms with Gasteiger partial charge in [-0.25, -0.2) is 4.98 Å². The topological polar surface area (TPSA) is 68.0 Å². The number of rotatable bonds is 4. The zero-order valence-electron chi connectivity index (χ0n) is 10.4. The third-order valence-electron chi connectivity index (χ3n) is 2.61. The van der Waals surface area contributed by atoms with E-state index in [0.717, 1.165) is 10.7 Å². The average Bonchev–Trinajstić information content (AvgIpc) is 2.78. The van der Waals surface area contributed by atoms with Crippen molar-refractivity contribution >= 4 is 34.5 Å². The smallest absolute Gasteiger partial charge is 0.252 e. The Balaban J connectivity index is 1.93. The summed E-state index contributed by atoms with van der Waals surface area (Å²) >= 11 is 7.59. The summed E-state index contributed by atoms with van der Waals surface area (Å²) in [5.41, 5.74) is 7.45. The van der Waals surface area contributed by atoms with Gasteiger partial charge in [0.05, 0.1) is 27.0 Å². The number of aryl methyl sites for hydroxylation is 1. The minimum atomic E-state index is -0.218. The highest BCUT2D eigenvalue weighted by atomic mass is 35.5. The molecule has 3 N–H and O–H groups in total. The Morgan fingerprint density at radius 3 is 3.00 bits per heavy atom. The molecule has 2 rings (SSSR count). The third-order valence-corrected chi connectivity index (χ3v) is 3.85. The van der Waals surface area contributed by atoms with Gasteiger partial charge in [-0.1, -0.05) is 17.7 Å². The lowest BCUT2D eigenvalue weighted by atomic mass is 10.2. The molecule has 0 atom stereocenters. The van der Waals surface area contributed by atoms with Gasteiger partial charge in [0.2, 0.25) is 0 Å². The molecule has 2 aromatic rings. The van der Waals surface area contributed by atoms with Crippen LogP contribution in [0.15, 0.2) is 23.6 Å². The van der Waals surface area contributed by atoms with Crippen LogP contribution in [-0.4, -0.2) is 17.4 Å². The Hall–Kier alpha value is -1.59. The van der Waals surface area contributed by atoms with Crippen LogP contribution < -0.4 is 11.1 Å². The number of carbonyl (C=O) groups is 1. The number of nitrogens with one attached hydrogen (secondary N) is 1. The summed E-state index contributed by atoms with van der Waals surface area (Å²) < 4.78 is 0. The number of hydrogen-bond acceptors (Lipinski definition) is 4. The summed E-state index contributed by atoms with van der Waals surface area (Å²) in [6.45, 7) is 2.48. The maximum absolute atomic E-state index is 11.9. The Bertz CT molecular complexity index is 597. The normalized spacial score (nSPS) is 10.4. The van der Waals surface area contributed by atoms with Crippen LogP contribution in [0.4, 0.5) is 5.69 Å². The van der Waals surface area contributed by atoms with Crippen molar-refractivity contribution in [2.75, 3.05) is 12.3 Å². The zero-order valence-corrected chi connectivity index (χ0v) is 12.0. The predicted molar refractivity (Wildman–Crippen MR) is 78.8 cm³/mol. The molecule has 0 aliphatic rings. The average molecular weight is 296 g/mol. The zero-order chi connectivity index (χ0) is 13.8. The quantitative estimate of drug-likeness (QED) is 0.852. The van der Waals surface area contributed by atoms with E-state index in [-0.39, 0.29) is 5.91 Å². The summed E-state index contributed by atoms with van der Waals surface area (Å²) in [7, 11) is 0. The van der Waals surface area contributed by atoms with Crippen LogP contribution in [0.5, 0.6) is 0 Å². The molecule has 19 heavy (non-hydrogen) atoms. The molecule has 4 nitrogen and oxygen atoms in total. The van der Waals surface area contributed by atoms with Crippen LogP contribution in [0.25, 0.3) is 0 Å². The highest BCUT2D eigenvalue weighted by molar-refractivity contribution is 7.09. The number of halogens is 1. The molecule has 0 fully saturated rings. The number of amides is 1. The van der Waals surface area contributed by atoms with E-state index in [1.165, 1.54) is 0 Å². The van der Waals surface area contributed by atoms with Crippen molar-refractivity contribution in [3.05, 3.63) is 44.9 Å². The molecule has 1 heterocycles. The lowest BCUT2D eigenvalue weighted by Crippen LogP contribution is -2.26. The highest BCUT2D eigenvalue weighted by Gasteiger charge is 2.11. The molecule has 0 aliphatic carbocycles. The summed E-state index contributed by atoms with van der Waals surface area (Å²) in [5, 5.41) is 6.13. The second-order valence-electron chi connectivity index (χ2n) is 4.07. The van der Waals surface area contributed by atoms with E-state index in [4.69, 9.17) is 17.3 Å². The minimum absolute atomic E-state index is 0.218. The first-order chi connectivity index (χ1) is 9.08. The van der Waals surface area contributed by atoms with E-state index in [9.17, 15) is 4.79 Å². The largest absolute Gasteiger partial charge is 0.398 e. The first kappa shape index (κ1) is 13.8. The van der Waals surface area contributed by atoms with E-state index in [1.807, 2.05) is 12.3 Å². The number of thiazole rings is 1. The fourth-order valence-corrected chi connectivity index (χ4v) is 2.51. The number of nitrogens with zero attached hydrogens (tertiary/aromatic N) is 1. The number of nitrogens with two attached hydrogens (primary N) is 1. The number of benzene rings is 1. The van der Waals surface area contributed by atoms with Gasteiger partial charge < -0.3 is 11.1 Å². The van der Waals surface area contributed by atoms with Crippen molar-refractivity contribution in [2.24, 2.45) is 0 Å². The van der Waals surface area contributed by atoms with Crippen molar-refractivity contribution < 1.29 is 4.79 Å². The van der Waals surface area contributed by atoms with Crippen LogP contribution in [0.3, 0.4) is 0 Å². The summed E-state index contributed by atoms with van der Waals surface area (Å²) in [4.78, 5) is 16.3. The second-order valence-corrected chi connectivity index (χ2v) is 5.51. The SMILES string of the molecule is Cc1nc(CCNC(=O)c2cccc(N)c2Cl)cs1. The minimum Gasteiger partial charge on any atom is -0.398 e. The number of anilines is 1. The van der Waals surface area contributed by atoms with Crippen LogP contribution in [-0.2, 0) is 6.42 Å². The maximum atomic E-state index is 11.9. The number of hydrogen-bond donors (Lipinski definition) is 2. The summed E-state index contributed by atoms with van der Waals surface area (Å²) in [5.74, 6) is -0.218. The Labute approximate surface area is 120 Å². The van der Waals surface area contributed by atoms with E-state index >= 15 is 0 Å². The Kier molecular flexibility index (Phi) is 4.39. The van der Waals surface area contributed by atoms with Crippen LogP contribution in [0, 0.1) is 6.92 Å². The molecule has 0 spiro atoms. The molecule has 1 aromatic carbocycles. The van der Waals surface area contributed by atoms with Gasteiger partial charge in [-0.3, -0.25) is 4.79 Å². The number of carbonyl (C=O) groups excluding carboxylic acids is 1. The van der Waals surface area contributed by atoms with Crippen molar-refractivity contribution in [3.8, 4) is 0 Å². The molecule has 100 valence electrons. The molecular weight excluding hydrogens is 282 g/mol. The van der Waals surface area contributed by atoms with Crippen LogP contribution >= 0.6 is 22.9 Å². The first-order valence-corrected chi connectivity index (χ1v) is 7.07. The monoisotopic (exact) mass is 295 g/mol. The van der Waals surface area contributed by atoms with E-state index in [0.29, 0.717) is 29.2 Å². The molecule has 0 unspecified atom stereocenters. The van der Waals surface area contributed by atoms with Crippen molar-refractivity contribution in [1.82, 2.24) is 10.3 Å². The number of nitrogen functional groups attached to an aromatic ring is 1. The van der Waals surface area contributed by atoms with Gasteiger partial charge in [-0.15, -0.1) is 11.3 Å². The molecule has 0 saturated carbocycles. The third kappa shape index (κ3) is 3.45. The lowest BCUT2D eigenvalue weighted by molar-refractivity contribution is 0.0954. The predicted octanol–water partition coefficient (Wildman–Crippen LogP) is 2.66. The summed E-state index contributed by atoms with van der Waals surface area (Å²) in [6.07, 6.45) is 0.704. The van der Waals surface area contributed by atoms with Gasteiger partial charge in [0.1, 0.15) is 0 Å².